The Bertz CT molecular complexity index is 601. The number of hydrogen-bond donors (Lipinski definition) is 0. The third-order valence-corrected chi connectivity index (χ3v) is 6.73. The molecule has 2 aromatic rings. The van der Waals surface area contributed by atoms with Crippen LogP contribution in [0.5, 0.6) is 0 Å². The summed E-state index contributed by atoms with van der Waals surface area (Å²) >= 11 is 0. The van der Waals surface area contributed by atoms with Crippen molar-refractivity contribution >= 4 is 27.8 Å². The molecule has 0 unspecified atom stereocenters. The van der Waals surface area contributed by atoms with Gasteiger partial charge in [-0.05, 0) is 63.5 Å². The molecule has 0 heterocycles. The predicted octanol–water partition coefficient (Wildman–Crippen LogP) is 5.95. The van der Waals surface area contributed by atoms with Crippen molar-refractivity contribution < 1.29 is 0 Å². The summed E-state index contributed by atoms with van der Waals surface area (Å²) in [5.74, 6) is 0. The number of benzene rings is 2. The van der Waals surface area contributed by atoms with E-state index in [4.69, 9.17) is 0 Å². The van der Waals surface area contributed by atoms with Gasteiger partial charge in [-0.3, -0.25) is 9.35 Å². The van der Waals surface area contributed by atoms with E-state index in [2.05, 4.69) is 83.3 Å². The average Bonchev–Trinajstić information content (AvgIpc) is 2.51. The van der Waals surface area contributed by atoms with Gasteiger partial charge in [0.1, 0.15) is 0 Å². The molecule has 0 aliphatic carbocycles. The van der Waals surface area contributed by atoms with Crippen molar-refractivity contribution in [3.8, 4) is 0 Å². The molecule has 0 N–H and O–H groups in total. The molecule has 0 fully saturated rings. The summed E-state index contributed by atoms with van der Waals surface area (Å²) in [7, 11) is -3.39. The largest absolute Gasteiger partial charge is 0.276 e. The minimum absolute atomic E-state index is 1.10. The van der Waals surface area contributed by atoms with Crippen LogP contribution in [0, 0.1) is 0 Å². The van der Waals surface area contributed by atoms with Gasteiger partial charge in [-0.25, -0.2) is 0 Å². The van der Waals surface area contributed by atoms with E-state index >= 15 is 0 Å². The first-order chi connectivity index (χ1) is 11.2. The third-order valence-electron chi connectivity index (χ3n) is 3.49. The van der Waals surface area contributed by atoms with E-state index in [1.54, 1.807) is 0 Å². The van der Waals surface area contributed by atoms with Crippen LogP contribution in [-0.4, -0.2) is 16.5 Å². The molecule has 0 aliphatic rings. The fourth-order valence-corrected chi connectivity index (χ4v) is 4.83. The summed E-state index contributed by atoms with van der Waals surface area (Å²) in [6.45, 7) is 13.7. The van der Waals surface area contributed by atoms with Crippen LogP contribution in [0.1, 0.15) is 0 Å². The van der Waals surface area contributed by atoms with Gasteiger partial charge in [-0.15, -0.1) is 0 Å². The number of hydrogen-bond acceptors (Lipinski definition) is 2. The first kappa shape index (κ1) is 18.4. The fourth-order valence-electron chi connectivity index (χ4n) is 2.36. The molecule has 2 rings (SSSR count). The molecular formula is C18H28N4Si2. The summed E-state index contributed by atoms with van der Waals surface area (Å²) in [4.78, 5) is 0. The van der Waals surface area contributed by atoms with Crippen molar-refractivity contribution in [2.45, 2.75) is 39.3 Å². The lowest BCUT2D eigenvalue weighted by atomic mass is 10.3. The SMILES string of the molecule is C[Si](C)(C)N(N=NN(c1ccccc1)[Si](C)(C)C)c1ccccc1. The summed E-state index contributed by atoms with van der Waals surface area (Å²) < 4.78 is 4.23. The molecule has 2 aromatic carbocycles. The van der Waals surface area contributed by atoms with Gasteiger partial charge < -0.3 is 0 Å². The standard InChI is InChI=1S/C18H28N4Si2/c1-23(2,3)21(17-13-9-7-10-14-17)19-20-22(24(4,5)6)18-15-11-8-12-16-18/h7-16H,1-6H3. The van der Waals surface area contributed by atoms with Gasteiger partial charge >= 0.3 is 0 Å². The Labute approximate surface area is 148 Å². The first-order valence-corrected chi connectivity index (χ1v) is 15.2. The van der Waals surface area contributed by atoms with Gasteiger partial charge in [0.15, 0.2) is 16.5 Å². The summed E-state index contributed by atoms with van der Waals surface area (Å²) in [6.07, 6.45) is 0. The normalized spacial score (nSPS) is 12.4. The van der Waals surface area contributed by atoms with E-state index in [1.807, 2.05) is 36.4 Å². The van der Waals surface area contributed by atoms with Crippen molar-refractivity contribution in [3.05, 3.63) is 60.7 Å². The highest BCUT2D eigenvalue weighted by molar-refractivity contribution is 6.80. The topological polar surface area (TPSA) is 31.2 Å². The maximum Gasteiger partial charge on any atom is 0.179 e. The number of rotatable bonds is 6. The molecule has 0 amide bonds. The fraction of sp³-hybridized carbons (Fsp3) is 0.333. The second-order valence-electron chi connectivity index (χ2n) is 7.82. The van der Waals surface area contributed by atoms with E-state index < -0.39 is 16.5 Å². The Kier molecular flexibility index (Phi) is 5.61. The molecule has 24 heavy (non-hydrogen) atoms. The molecule has 0 saturated heterocycles. The van der Waals surface area contributed by atoms with Crippen LogP contribution in [0.25, 0.3) is 0 Å². The van der Waals surface area contributed by atoms with Gasteiger partial charge in [0.2, 0.25) is 0 Å². The van der Waals surface area contributed by atoms with Crippen LogP contribution in [0.15, 0.2) is 71.1 Å². The molecule has 0 atom stereocenters. The zero-order valence-corrected chi connectivity index (χ0v) is 17.6. The minimum atomic E-state index is -1.69. The highest BCUT2D eigenvalue weighted by Gasteiger charge is 2.28. The predicted molar refractivity (Wildman–Crippen MR) is 109 cm³/mol. The molecule has 0 saturated carbocycles. The maximum atomic E-state index is 4.69. The number of para-hydroxylation sites is 2. The quantitative estimate of drug-likeness (QED) is 0.364. The van der Waals surface area contributed by atoms with E-state index in [9.17, 15) is 0 Å². The van der Waals surface area contributed by atoms with Gasteiger partial charge in [0.05, 0.1) is 11.4 Å². The smallest absolute Gasteiger partial charge is 0.179 e. The van der Waals surface area contributed by atoms with Crippen molar-refractivity contribution in [2.75, 3.05) is 9.35 Å². The molecule has 128 valence electrons. The zero-order chi connectivity index (χ0) is 17.8. The van der Waals surface area contributed by atoms with E-state index in [-0.39, 0.29) is 0 Å². The number of nitrogens with zero attached hydrogens (tertiary/aromatic N) is 4. The molecule has 6 heteroatoms. The number of anilines is 2. The summed E-state index contributed by atoms with van der Waals surface area (Å²) in [6, 6.07) is 20.6. The molecule has 0 aliphatic heterocycles. The van der Waals surface area contributed by atoms with Crippen LogP contribution < -0.4 is 9.35 Å². The van der Waals surface area contributed by atoms with Crippen molar-refractivity contribution in [3.63, 3.8) is 0 Å². The Morgan fingerprint density at radius 3 is 1.08 bits per heavy atom. The second-order valence-corrected chi connectivity index (χ2v) is 17.3. The summed E-state index contributed by atoms with van der Waals surface area (Å²) in [5.41, 5.74) is 2.20. The van der Waals surface area contributed by atoms with Gasteiger partial charge in [-0.1, -0.05) is 46.8 Å². The van der Waals surface area contributed by atoms with Crippen LogP contribution in [-0.2, 0) is 0 Å². The van der Waals surface area contributed by atoms with Gasteiger partial charge in [0, 0.05) is 0 Å². The van der Waals surface area contributed by atoms with Crippen molar-refractivity contribution in [1.29, 1.82) is 0 Å². The van der Waals surface area contributed by atoms with Crippen LogP contribution >= 0.6 is 0 Å². The molecular weight excluding hydrogens is 328 g/mol. The van der Waals surface area contributed by atoms with E-state index in [0.29, 0.717) is 0 Å². The Balaban J connectivity index is 2.38. The van der Waals surface area contributed by atoms with Crippen molar-refractivity contribution in [1.82, 2.24) is 0 Å². The lowest BCUT2D eigenvalue weighted by Crippen LogP contribution is -2.45. The highest BCUT2D eigenvalue weighted by atomic mass is 28.3. The van der Waals surface area contributed by atoms with Crippen molar-refractivity contribution in [2.24, 2.45) is 10.4 Å². The van der Waals surface area contributed by atoms with Gasteiger partial charge in [-0.2, -0.15) is 0 Å². The summed E-state index contributed by atoms with van der Waals surface area (Å²) in [5, 5.41) is 9.38. The van der Waals surface area contributed by atoms with E-state index in [0.717, 1.165) is 11.4 Å². The Morgan fingerprint density at radius 1 is 0.542 bits per heavy atom. The Hall–Kier alpha value is -1.93. The second kappa shape index (κ2) is 7.31. The molecule has 4 nitrogen and oxygen atoms in total. The Morgan fingerprint density at radius 2 is 0.833 bits per heavy atom. The zero-order valence-electron chi connectivity index (χ0n) is 15.6. The van der Waals surface area contributed by atoms with E-state index in [1.165, 1.54) is 0 Å². The highest BCUT2D eigenvalue weighted by Crippen LogP contribution is 2.25. The lowest BCUT2D eigenvalue weighted by Gasteiger charge is -2.33. The van der Waals surface area contributed by atoms with Crippen LogP contribution in [0.4, 0.5) is 11.4 Å². The molecule has 0 radical (unpaired) electrons. The van der Waals surface area contributed by atoms with Crippen LogP contribution in [0.2, 0.25) is 39.3 Å². The van der Waals surface area contributed by atoms with Gasteiger partial charge in [0.25, 0.3) is 0 Å². The first-order valence-electron chi connectivity index (χ1n) is 8.32. The monoisotopic (exact) mass is 356 g/mol. The molecule has 0 bridgehead atoms. The molecule has 0 spiro atoms. The third kappa shape index (κ3) is 4.78. The van der Waals surface area contributed by atoms with Crippen LogP contribution in [0.3, 0.4) is 0 Å². The average molecular weight is 357 g/mol. The maximum absolute atomic E-state index is 4.69. The lowest BCUT2D eigenvalue weighted by molar-refractivity contribution is 0.898. The molecule has 0 aromatic heterocycles. The minimum Gasteiger partial charge on any atom is -0.276 e.